The molecule has 7 heteroatoms. The lowest BCUT2D eigenvalue weighted by Gasteiger charge is -2.23. The average molecular weight is 375 g/mol. The van der Waals surface area contributed by atoms with Gasteiger partial charge in [-0.2, -0.15) is 0 Å². The van der Waals surface area contributed by atoms with Gasteiger partial charge in [-0.3, -0.25) is 19.3 Å². The third-order valence-electron chi connectivity index (χ3n) is 4.01. The zero-order valence-corrected chi connectivity index (χ0v) is 14.8. The van der Waals surface area contributed by atoms with Gasteiger partial charge in [-0.15, -0.1) is 12.4 Å². The zero-order chi connectivity index (χ0) is 17.8. The Morgan fingerprint density at radius 1 is 1.08 bits per heavy atom. The summed E-state index contributed by atoms with van der Waals surface area (Å²) in [4.78, 5) is 38.2. The topological polar surface area (TPSA) is 89.7 Å². The standard InChI is InChI=1S/C19H18N2O4.ClH/c20-15-10-17(22)14-8-4-5-9-16(14)21(19(15)24)11-18(23)25-12-13-6-2-1-3-7-13;/h1-9,15H,10-12,20H2;1H/t15-;/m0./s1. The van der Waals surface area contributed by atoms with Crippen molar-refractivity contribution in [2.75, 3.05) is 11.4 Å². The van der Waals surface area contributed by atoms with Gasteiger partial charge in [-0.1, -0.05) is 42.5 Å². The van der Waals surface area contributed by atoms with Crippen LogP contribution in [0.4, 0.5) is 5.69 Å². The maximum Gasteiger partial charge on any atom is 0.326 e. The van der Waals surface area contributed by atoms with Crippen LogP contribution in [0.5, 0.6) is 0 Å². The fraction of sp³-hybridized carbons (Fsp3) is 0.211. The molecule has 136 valence electrons. The number of carbonyl (C=O) groups excluding carboxylic acids is 3. The van der Waals surface area contributed by atoms with Gasteiger partial charge in [0.25, 0.3) is 0 Å². The molecule has 3 rings (SSSR count). The Labute approximate surface area is 157 Å². The van der Waals surface area contributed by atoms with E-state index in [2.05, 4.69) is 0 Å². The highest BCUT2D eigenvalue weighted by Gasteiger charge is 2.33. The third kappa shape index (κ3) is 4.28. The molecule has 6 nitrogen and oxygen atoms in total. The molecule has 2 aromatic rings. The number of para-hydroxylation sites is 1. The third-order valence-corrected chi connectivity index (χ3v) is 4.01. The van der Waals surface area contributed by atoms with Crippen molar-refractivity contribution in [2.24, 2.45) is 5.73 Å². The predicted octanol–water partition coefficient (Wildman–Crippen LogP) is 2.10. The Morgan fingerprint density at radius 3 is 2.46 bits per heavy atom. The number of Topliss-reactive ketones (excluding diaryl/α,β-unsaturated/α-hetero) is 1. The number of hydrogen-bond donors (Lipinski definition) is 1. The van der Waals surface area contributed by atoms with Crippen LogP contribution in [-0.4, -0.2) is 30.2 Å². The lowest BCUT2D eigenvalue weighted by Crippen LogP contribution is -2.45. The molecule has 0 radical (unpaired) electrons. The minimum atomic E-state index is -0.971. The van der Waals surface area contributed by atoms with Gasteiger partial charge in [-0.25, -0.2) is 0 Å². The Bertz CT molecular complexity index is 810. The summed E-state index contributed by atoms with van der Waals surface area (Å²) in [5.74, 6) is -1.24. The molecule has 26 heavy (non-hydrogen) atoms. The summed E-state index contributed by atoms with van der Waals surface area (Å²) in [7, 11) is 0. The molecule has 0 fully saturated rings. The molecule has 1 aliphatic rings. The van der Waals surface area contributed by atoms with Crippen molar-refractivity contribution in [1.29, 1.82) is 0 Å². The molecule has 2 N–H and O–H groups in total. The highest BCUT2D eigenvalue weighted by molar-refractivity contribution is 6.13. The van der Waals surface area contributed by atoms with Gasteiger partial charge in [-0.05, 0) is 17.7 Å². The predicted molar refractivity (Wildman–Crippen MR) is 99.2 cm³/mol. The second kappa shape index (κ2) is 8.60. The lowest BCUT2D eigenvalue weighted by atomic mass is 10.1. The highest BCUT2D eigenvalue weighted by atomic mass is 35.5. The normalized spacial score (nSPS) is 16.3. The van der Waals surface area contributed by atoms with Crippen molar-refractivity contribution in [1.82, 2.24) is 0 Å². The summed E-state index contributed by atoms with van der Waals surface area (Å²) >= 11 is 0. The Morgan fingerprint density at radius 2 is 1.73 bits per heavy atom. The monoisotopic (exact) mass is 374 g/mol. The Kier molecular flexibility index (Phi) is 6.49. The van der Waals surface area contributed by atoms with Gasteiger partial charge < -0.3 is 10.5 Å². The second-order valence-corrected chi connectivity index (χ2v) is 5.82. The van der Waals surface area contributed by atoms with E-state index in [0.29, 0.717) is 11.3 Å². The van der Waals surface area contributed by atoms with E-state index in [-0.39, 0.29) is 37.8 Å². The number of carbonyl (C=O) groups is 3. The van der Waals surface area contributed by atoms with Crippen LogP contribution in [0, 0.1) is 0 Å². The van der Waals surface area contributed by atoms with E-state index in [0.717, 1.165) is 5.56 Å². The van der Waals surface area contributed by atoms with Crippen LogP contribution in [0.3, 0.4) is 0 Å². The number of nitrogens with zero attached hydrogens (tertiary/aromatic N) is 1. The number of hydrogen-bond acceptors (Lipinski definition) is 5. The van der Waals surface area contributed by atoms with E-state index in [1.54, 1.807) is 24.3 Å². The van der Waals surface area contributed by atoms with Gasteiger partial charge in [0.1, 0.15) is 13.2 Å². The van der Waals surface area contributed by atoms with E-state index in [9.17, 15) is 14.4 Å². The van der Waals surface area contributed by atoms with Crippen LogP contribution in [0.25, 0.3) is 0 Å². The van der Waals surface area contributed by atoms with E-state index in [1.165, 1.54) is 4.90 Å². The molecule has 1 heterocycles. The number of fused-ring (bicyclic) bond motifs is 1. The van der Waals surface area contributed by atoms with Gasteiger partial charge in [0, 0.05) is 12.0 Å². The van der Waals surface area contributed by atoms with Crippen LogP contribution >= 0.6 is 12.4 Å². The molecule has 0 unspecified atom stereocenters. The summed E-state index contributed by atoms with van der Waals surface area (Å²) in [6.45, 7) is -0.169. The SMILES string of the molecule is Cl.N[C@H]1CC(=O)c2ccccc2N(CC(=O)OCc2ccccc2)C1=O. The number of nitrogens with two attached hydrogens (primary N) is 1. The van der Waals surface area contributed by atoms with Crippen LogP contribution in [0.1, 0.15) is 22.3 Å². The second-order valence-electron chi connectivity index (χ2n) is 5.82. The molecular weight excluding hydrogens is 356 g/mol. The van der Waals surface area contributed by atoms with Crippen LogP contribution in [0.15, 0.2) is 54.6 Å². The lowest BCUT2D eigenvalue weighted by molar-refractivity contribution is -0.144. The zero-order valence-electron chi connectivity index (χ0n) is 14.0. The summed E-state index contributed by atoms with van der Waals surface area (Å²) < 4.78 is 5.24. The first kappa shape index (κ1) is 19.6. The van der Waals surface area contributed by atoms with Gasteiger partial charge in [0.2, 0.25) is 5.91 Å². The molecule has 1 atom stereocenters. The van der Waals surface area contributed by atoms with Crippen LogP contribution in [-0.2, 0) is 20.9 Å². The van der Waals surface area contributed by atoms with Crippen molar-refractivity contribution in [2.45, 2.75) is 19.1 Å². The van der Waals surface area contributed by atoms with Crippen molar-refractivity contribution in [3.8, 4) is 0 Å². The number of amides is 1. The fourth-order valence-corrected chi connectivity index (χ4v) is 2.74. The van der Waals surface area contributed by atoms with Gasteiger partial charge in [0.05, 0.1) is 11.7 Å². The van der Waals surface area contributed by atoms with Crippen LogP contribution < -0.4 is 10.6 Å². The molecule has 0 bridgehead atoms. The minimum absolute atomic E-state index is 0. The molecule has 1 aliphatic heterocycles. The average Bonchev–Trinajstić information content (AvgIpc) is 2.72. The summed E-state index contributed by atoms with van der Waals surface area (Å²) in [6, 6.07) is 15.0. The molecule has 1 amide bonds. The summed E-state index contributed by atoms with van der Waals surface area (Å²) in [5.41, 5.74) is 7.45. The number of ether oxygens (including phenoxy) is 1. The smallest absolute Gasteiger partial charge is 0.326 e. The Hall–Kier alpha value is -2.70. The highest BCUT2D eigenvalue weighted by Crippen LogP contribution is 2.26. The largest absolute Gasteiger partial charge is 0.459 e. The first-order valence-corrected chi connectivity index (χ1v) is 7.95. The van der Waals surface area contributed by atoms with Crippen molar-refractivity contribution in [3.05, 3.63) is 65.7 Å². The number of halogens is 1. The number of ketones is 1. The summed E-state index contributed by atoms with van der Waals surface area (Å²) in [6.07, 6.45) is -0.0780. The molecule has 0 aromatic heterocycles. The summed E-state index contributed by atoms with van der Waals surface area (Å²) in [5, 5.41) is 0. The number of anilines is 1. The Balaban J connectivity index is 0.00000243. The molecule has 2 aromatic carbocycles. The van der Waals surface area contributed by atoms with Crippen LogP contribution in [0.2, 0.25) is 0 Å². The first-order chi connectivity index (χ1) is 12.1. The van der Waals surface area contributed by atoms with E-state index < -0.39 is 17.9 Å². The maximum atomic E-state index is 12.5. The number of rotatable bonds is 4. The first-order valence-electron chi connectivity index (χ1n) is 7.95. The van der Waals surface area contributed by atoms with Gasteiger partial charge in [0.15, 0.2) is 5.78 Å². The number of benzene rings is 2. The van der Waals surface area contributed by atoms with Crippen molar-refractivity contribution >= 4 is 35.8 Å². The minimum Gasteiger partial charge on any atom is -0.459 e. The van der Waals surface area contributed by atoms with E-state index >= 15 is 0 Å². The van der Waals surface area contributed by atoms with Crippen molar-refractivity contribution < 1.29 is 19.1 Å². The fourth-order valence-electron chi connectivity index (χ4n) is 2.74. The molecule has 0 saturated carbocycles. The maximum absolute atomic E-state index is 12.5. The molecule has 0 saturated heterocycles. The quantitative estimate of drug-likeness (QED) is 0.828. The molecular formula is C19H19ClN2O4. The number of esters is 1. The molecule has 0 aliphatic carbocycles. The van der Waals surface area contributed by atoms with Crippen molar-refractivity contribution in [3.63, 3.8) is 0 Å². The van der Waals surface area contributed by atoms with E-state index in [4.69, 9.17) is 10.5 Å². The van der Waals surface area contributed by atoms with Gasteiger partial charge >= 0.3 is 5.97 Å². The molecule has 0 spiro atoms. The van der Waals surface area contributed by atoms with E-state index in [1.807, 2.05) is 30.3 Å².